The monoisotopic (exact) mass is 671 g/mol. The van der Waals surface area contributed by atoms with Gasteiger partial charge in [0.25, 0.3) is 0 Å². The standard InChI is InChI=1S/C37H71N2O6P/c1-3-5-7-9-11-13-15-17-18-19-21-23-25-27-29-31-37(41)39-35(34-45-46(42,43)44-33-32-38)36(40)30-28-26-24-22-20-16-14-12-10-8-6-4-2/h17-18,20,22,28,30,35-36,40H,3-16,19,21,23-27,29,31-34,38H2,1-2H3,(H,39,41)(H,42,43)/b18-17-,22-20+,30-28+. The minimum atomic E-state index is -4.34. The Hall–Kier alpha value is -1.28. The summed E-state index contributed by atoms with van der Waals surface area (Å²) in [5.41, 5.74) is 5.34. The van der Waals surface area contributed by atoms with Crippen molar-refractivity contribution in [2.45, 2.75) is 174 Å². The van der Waals surface area contributed by atoms with Gasteiger partial charge in [-0.25, -0.2) is 4.57 Å². The Kier molecular flexibility index (Phi) is 32.7. The van der Waals surface area contributed by atoms with Crippen molar-refractivity contribution in [2.75, 3.05) is 19.8 Å². The highest BCUT2D eigenvalue weighted by atomic mass is 31.2. The summed E-state index contributed by atoms with van der Waals surface area (Å²) < 4.78 is 22.0. The molecule has 9 heteroatoms. The predicted octanol–water partition coefficient (Wildman–Crippen LogP) is 9.61. The van der Waals surface area contributed by atoms with Crippen molar-refractivity contribution in [2.24, 2.45) is 5.73 Å². The van der Waals surface area contributed by atoms with E-state index in [9.17, 15) is 19.4 Å². The van der Waals surface area contributed by atoms with Crippen molar-refractivity contribution < 1.29 is 28.4 Å². The lowest BCUT2D eigenvalue weighted by atomic mass is 10.1. The molecular formula is C37H71N2O6P. The average molecular weight is 671 g/mol. The van der Waals surface area contributed by atoms with Crippen molar-refractivity contribution in [1.29, 1.82) is 0 Å². The van der Waals surface area contributed by atoms with E-state index in [-0.39, 0.29) is 25.7 Å². The lowest BCUT2D eigenvalue weighted by Crippen LogP contribution is -2.45. The second-order valence-corrected chi connectivity index (χ2v) is 13.9. The number of hydrogen-bond acceptors (Lipinski definition) is 6. The van der Waals surface area contributed by atoms with Crippen LogP contribution in [0.4, 0.5) is 0 Å². The Balaban J connectivity index is 4.38. The number of phosphoric acid groups is 1. The lowest BCUT2D eigenvalue weighted by molar-refractivity contribution is -0.123. The second-order valence-electron chi connectivity index (χ2n) is 12.4. The summed E-state index contributed by atoms with van der Waals surface area (Å²) in [5.74, 6) is -0.216. The van der Waals surface area contributed by atoms with Gasteiger partial charge in [0.2, 0.25) is 5.91 Å². The molecule has 3 unspecified atom stereocenters. The highest BCUT2D eigenvalue weighted by molar-refractivity contribution is 7.47. The highest BCUT2D eigenvalue weighted by Gasteiger charge is 2.26. The Labute approximate surface area is 282 Å². The topological polar surface area (TPSA) is 131 Å². The van der Waals surface area contributed by atoms with E-state index in [1.165, 1.54) is 89.9 Å². The predicted molar refractivity (Wildman–Crippen MR) is 194 cm³/mol. The van der Waals surface area contributed by atoms with Crippen LogP contribution in [0.5, 0.6) is 0 Å². The fourth-order valence-corrected chi connectivity index (χ4v) is 5.84. The number of allylic oxidation sites excluding steroid dienone is 5. The van der Waals surface area contributed by atoms with Gasteiger partial charge in [-0.1, -0.05) is 134 Å². The fraction of sp³-hybridized carbons (Fsp3) is 0.811. The van der Waals surface area contributed by atoms with E-state index in [0.29, 0.717) is 6.42 Å². The smallest absolute Gasteiger partial charge is 0.387 e. The molecule has 0 heterocycles. The Morgan fingerprint density at radius 2 is 1.15 bits per heavy atom. The van der Waals surface area contributed by atoms with Crippen LogP contribution in [0.1, 0.15) is 162 Å². The van der Waals surface area contributed by atoms with Crippen LogP contribution in [0.25, 0.3) is 0 Å². The second kappa shape index (κ2) is 33.6. The molecule has 270 valence electrons. The van der Waals surface area contributed by atoms with Gasteiger partial charge in [-0.15, -0.1) is 0 Å². The van der Waals surface area contributed by atoms with Gasteiger partial charge in [0, 0.05) is 13.0 Å². The summed E-state index contributed by atoms with van der Waals surface area (Å²) in [7, 11) is -4.34. The summed E-state index contributed by atoms with van der Waals surface area (Å²) in [6, 6.07) is -0.878. The zero-order valence-electron chi connectivity index (χ0n) is 29.6. The molecule has 0 aliphatic carbocycles. The Morgan fingerprint density at radius 1 is 0.696 bits per heavy atom. The SMILES string of the molecule is CCCCCCCC/C=C\CCCCCCCC(=O)NC(COP(=O)(O)OCCN)C(O)/C=C/CC/C=C/CCCCCCCC. The van der Waals surface area contributed by atoms with Gasteiger partial charge in [-0.05, 0) is 57.8 Å². The van der Waals surface area contributed by atoms with E-state index >= 15 is 0 Å². The summed E-state index contributed by atoms with van der Waals surface area (Å²) in [6.45, 7) is 4.06. The molecule has 1 amide bonds. The van der Waals surface area contributed by atoms with Gasteiger partial charge < -0.3 is 21.1 Å². The first-order valence-electron chi connectivity index (χ1n) is 18.6. The molecule has 0 saturated heterocycles. The van der Waals surface area contributed by atoms with Crippen LogP contribution < -0.4 is 11.1 Å². The van der Waals surface area contributed by atoms with Crippen molar-refractivity contribution in [3.63, 3.8) is 0 Å². The average Bonchev–Trinajstić information content (AvgIpc) is 3.04. The summed E-state index contributed by atoms with van der Waals surface area (Å²) in [4.78, 5) is 22.5. The zero-order chi connectivity index (χ0) is 34.0. The van der Waals surface area contributed by atoms with E-state index in [4.69, 9.17) is 14.8 Å². The van der Waals surface area contributed by atoms with Crippen LogP contribution in [-0.4, -0.2) is 47.8 Å². The van der Waals surface area contributed by atoms with Crippen LogP contribution in [0.15, 0.2) is 36.5 Å². The van der Waals surface area contributed by atoms with Crippen molar-refractivity contribution in [3.8, 4) is 0 Å². The van der Waals surface area contributed by atoms with E-state index in [1.807, 2.05) is 6.08 Å². The van der Waals surface area contributed by atoms with E-state index in [2.05, 4.69) is 43.5 Å². The lowest BCUT2D eigenvalue weighted by Gasteiger charge is -2.23. The van der Waals surface area contributed by atoms with Gasteiger partial charge in [-0.3, -0.25) is 13.8 Å². The largest absolute Gasteiger partial charge is 0.472 e. The van der Waals surface area contributed by atoms with Gasteiger partial charge in [-0.2, -0.15) is 0 Å². The van der Waals surface area contributed by atoms with Crippen molar-refractivity contribution >= 4 is 13.7 Å². The van der Waals surface area contributed by atoms with Gasteiger partial charge in [0.1, 0.15) is 0 Å². The number of unbranched alkanes of at least 4 members (excludes halogenated alkanes) is 18. The molecule has 0 aromatic rings. The number of phosphoric ester groups is 1. The third-order valence-electron chi connectivity index (χ3n) is 7.94. The quantitative estimate of drug-likeness (QED) is 0.0305. The van der Waals surface area contributed by atoms with Crippen LogP contribution in [0, 0.1) is 0 Å². The minimum Gasteiger partial charge on any atom is -0.387 e. The van der Waals surface area contributed by atoms with E-state index in [1.54, 1.807) is 6.08 Å². The molecular weight excluding hydrogens is 599 g/mol. The van der Waals surface area contributed by atoms with Crippen LogP contribution in [-0.2, 0) is 18.4 Å². The van der Waals surface area contributed by atoms with Gasteiger partial charge in [0.15, 0.2) is 0 Å². The summed E-state index contributed by atoms with van der Waals surface area (Å²) in [5, 5.41) is 13.5. The highest BCUT2D eigenvalue weighted by Crippen LogP contribution is 2.43. The van der Waals surface area contributed by atoms with Gasteiger partial charge in [0.05, 0.1) is 25.4 Å². The molecule has 0 aromatic heterocycles. The van der Waals surface area contributed by atoms with Crippen LogP contribution >= 0.6 is 7.82 Å². The molecule has 0 spiro atoms. The van der Waals surface area contributed by atoms with Crippen LogP contribution in [0.3, 0.4) is 0 Å². The maximum Gasteiger partial charge on any atom is 0.472 e. The number of nitrogens with one attached hydrogen (secondary N) is 1. The maximum atomic E-state index is 12.7. The van der Waals surface area contributed by atoms with Crippen molar-refractivity contribution in [1.82, 2.24) is 5.32 Å². The first-order valence-corrected chi connectivity index (χ1v) is 20.1. The number of aliphatic hydroxyl groups is 1. The molecule has 0 aliphatic heterocycles. The Bertz CT molecular complexity index is 820. The van der Waals surface area contributed by atoms with E-state index in [0.717, 1.165) is 51.4 Å². The maximum absolute atomic E-state index is 12.7. The number of aliphatic hydroxyl groups excluding tert-OH is 1. The number of carbonyl (C=O) groups is 1. The molecule has 0 aliphatic rings. The number of carbonyl (C=O) groups excluding carboxylic acids is 1. The third-order valence-corrected chi connectivity index (χ3v) is 8.92. The molecule has 46 heavy (non-hydrogen) atoms. The molecule has 0 aromatic carbocycles. The first-order chi connectivity index (χ1) is 22.4. The fourth-order valence-electron chi connectivity index (χ4n) is 5.08. The Morgan fingerprint density at radius 3 is 1.67 bits per heavy atom. The molecule has 0 fully saturated rings. The van der Waals surface area contributed by atoms with Crippen molar-refractivity contribution in [3.05, 3.63) is 36.5 Å². The zero-order valence-corrected chi connectivity index (χ0v) is 30.4. The normalized spacial score (nSPS) is 14.8. The molecule has 3 atom stereocenters. The number of nitrogens with two attached hydrogens (primary N) is 1. The molecule has 5 N–H and O–H groups in total. The molecule has 0 bridgehead atoms. The molecule has 0 rings (SSSR count). The molecule has 0 radical (unpaired) electrons. The molecule has 8 nitrogen and oxygen atoms in total. The number of rotatable bonds is 34. The summed E-state index contributed by atoms with van der Waals surface area (Å²) in [6.07, 6.45) is 37.6. The third kappa shape index (κ3) is 31.3. The van der Waals surface area contributed by atoms with Gasteiger partial charge >= 0.3 is 7.82 Å². The number of hydrogen-bond donors (Lipinski definition) is 4. The van der Waals surface area contributed by atoms with Crippen LogP contribution in [0.2, 0.25) is 0 Å². The summed E-state index contributed by atoms with van der Waals surface area (Å²) >= 11 is 0. The number of amides is 1. The first kappa shape index (κ1) is 44.7. The minimum absolute atomic E-state index is 0.0722. The van der Waals surface area contributed by atoms with E-state index < -0.39 is 20.0 Å². The molecule has 0 saturated carbocycles.